The molecular formula is C31H37Cl2N5O3. The molecule has 0 spiro atoms. The fourth-order valence-corrected chi connectivity index (χ4v) is 5.12. The minimum Gasteiger partial charge on any atom is -0.379 e. The van der Waals surface area contributed by atoms with E-state index in [1.165, 1.54) is 0 Å². The van der Waals surface area contributed by atoms with Gasteiger partial charge in [-0.3, -0.25) is 14.5 Å². The second-order valence-corrected chi connectivity index (χ2v) is 11.1. The van der Waals surface area contributed by atoms with Crippen LogP contribution in [-0.2, 0) is 9.53 Å². The fraction of sp³-hybridized carbons (Fsp3) is 0.355. The Morgan fingerprint density at radius 2 is 1.51 bits per heavy atom. The molecule has 1 aliphatic heterocycles. The molecule has 8 nitrogen and oxygen atoms in total. The lowest BCUT2D eigenvalue weighted by molar-refractivity contribution is -0.131. The number of likely N-dealkylation sites (N-methyl/N-ethyl adjacent to an activating group) is 1. The van der Waals surface area contributed by atoms with Crippen LogP contribution in [0.1, 0.15) is 22.0 Å². The zero-order valence-electron chi connectivity index (χ0n) is 23.7. The van der Waals surface area contributed by atoms with Crippen LogP contribution in [0.5, 0.6) is 0 Å². The average Bonchev–Trinajstić information content (AvgIpc) is 3.00. The van der Waals surface area contributed by atoms with E-state index in [2.05, 4.69) is 29.2 Å². The topological polar surface area (TPSA) is 82.4 Å². The Kier molecular flexibility index (Phi) is 10.6. The third-order valence-electron chi connectivity index (χ3n) is 7.38. The highest BCUT2D eigenvalue weighted by Gasteiger charge is 2.26. The van der Waals surface area contributed by atoms with Crippen molar-refractivity contribution in [3.05, 3.63) is 87.9 Å². The Hall–Kier alpha value is -3.14. The summed E-state index contributed by atoms with van der Waals surface area (Å²) in [5, 5.41) is 0.857. The second-order valence-electron chi connectivity index (χ2n) is 10.3. The Morgan fingerprint density at radius 1 is 0.902 bits per heavy atom. The number of ether oxygens (including phenoxy) is 1. The van der Waals surface area contributed by atoms with Crippen molar-refractivity contribution < 1.29 is 14.3 Å². The number of morpholine rings is 1. The van der Waals surface area contributed by atoms with Gasteiger partial charge in [0.15, 0.2) is 0 Å². The molecule has 2 N–H and O–H groups in total. The van der Waals surface area contributed by atoms with Crippen LogP contribution in [0.4, 0.5) is 5.69 Å². The molecule has 0 aromatic heterocycles. The number of nitrogens with zero attached hydrogens (tertiary/aromatic N) is 4. The van der Waals surface area contributed by atoms with Crippen molar-refractivity contribution in [1.82, 2.24) is 14.7 Å². The average molecular weight is 599 g/mol. The highest BCUT2D eigenvalue weighted by atomic mass is 35.5. The number of carbonyl (C=O) groups excluding carboxylic acids is 2. The van der Waals surface area contributed by atoms with Gasteiger partial charge in [0.1, 0.15) is 0 Å². The van der Waals surface area contributed by atoms with Gasteiger partial charge in [-0.2, -0.15) is 0 Å². The van der Waals surface area contributed by atoms with Crippen LogP contribution in [0.25, 0.3) is 11.1 Å². The quantitative estimate of drug-likeness (QED) is 0.343. The maximum Gasteiger partial charge on any atom is 0.253 e. The Morgan fingerprint density at radius 3 is 2.07 bits per heavy atom. The number of hydrogen-bond acceptors (Lipinski definition) is 6. The van der Waals surface area contributed by atoms with Crippen molar-refractivity contribution in [1.29, 1.82) is 0 Å². The molecule has 1 unspecified atom stereocenters. The van der Waals surface area contributed by atoms with Gasteiger partial charge in [0.25, 0.3) is 5.91 Å². The first kappa shape index (κ1) is 30.8. The van der Waals surface area contributed by atoms with Crippen LogP contribution < -0.4 is 10.6 Å². The van der Waals surface area contributed by atoms with Gasteiger partial charge in [-0.25, -0.2) is 0 Å². The van der Waals surface area contributed by atoms with E-state index in [1.807, 2.05) is 31.3 Å². The van der Waals surface area contributed by atoms with E-state index in [4.69, 9.17) is 33.7 Å². The summed E-state index contributed by atoms with van der Waals surface area (Å²) in [5.41, 5.74) is 10.5. The van der Waals surface area contributed by atoms with Gasteiger partial charge in [-0.05, 0) is 47.0 Å². The minimum atomic E-state index is -0.178. The van der Waals surface area contributed by atoms with E-state index in [0.717, 1.165) is 35.5 Å². The van der Waals surface area contributed by atoms with Crippen molar-refractivity contribution in [2.45, 2.75) is 6.04 Å². The van der Waals surface area contributed by atoms with Gasteiger partial charge in [-0.15, -0.1) is 0 Å². The molecule has 1 saturated heterocycles. The Balaban J connectivity index is 1.54. The van der Waals surface area contributed by atoms with Gasteiger partial charge in [0.05, 0.1) is 42.5 Å². The normalized spacial score (nSPS) is 14.4. The summed E-state index contributed by atoms with van der Waals surface area (Å²) in [6.07, 6.45) is 0. The molecule has 1 aliphatic rings. The highest BCUT2D eigenvalue weighted by Crippen LogP contribution is 2.29. The van der Waals surface area contributed by atoms with Crippen molar-refractivity contribution in [3.63, 3.8) is 0 Å². The van der Waals surface area contributed by atoms with Crippen LogP contribution in [0.15, 0.2) is 66.7 Å². The minimum absolute atomic E-state index is 0.0297. The van der Waals surface area contributed by atoms with Crippen molar-refractivity contribution >= 4 is 40.7 Å². The number of rotatable bonds is 10. The maximum absolute atomic E-state index is 13.6. The van der Waals surface area contributed by atoms with Crippen LogP contribution in [-0.4, -0.2) is 93.7 Å². The van der Waals surface area contributed by atoms with Gasteiger partial charge >= 0.3 is 0 Å². The van der Waals surface area contributed by atoms with Crippen molar-refractivity contribution in [3.8, 4) is 11.1 Å². The molecule has 1 heterocycles. The largest absolute Gasteiger partial charge is 0.379 e. The van der Waals surface area contributed by atoms with E-state index in [1.54, 1.807) is 47.0 Å². The first-order valence-electron chi connectivity index (χ1n) is 13.6. The zero-order chi connectivity index (χ0) is 29.5. The second kappa shape index (κ2) is 14.2. The van der Waals surface area contributed by atoms with Crippen molar-refractivity contribution in [2.24, 2.45) is 5.73 Å². The fourth-order valence-electron chi connectivity index (χ4n) is 4.83. The molecule has 4 rings (SSSR count). The summed E-state index contributed by atoms with van der Waals surface area (Å²) >= 11 is 12.3. The lowest BCUT2D eigenvalue weighted by atomic mass is 9.98. The standard InChI is InChI=1S/C31H37Cl2N5O3/c1-35(2)31(40)25-10-6-23(7-11-25)22-4-8-24(9-5-22)29(19-37-14-16-41-17-15-37)36(3)30(39)20-38(21-34)26-12-13-27(32)28(33)18-26/h4-13,18,29H,14-17,19-21,34H2,1-3H3. The lowest BCUT2D eigenvalue weighted by Crippen LogP contribution is -2.47. The monoisotopic (exact) mass is 597 g/mol. The molecule has 0 radical (unpaired) electrons. The third-order valence-corrected chi connectivity index (χ3v) is 8.12. The molecule has 2 amide bonds. The SMILES string of the molecule is CN(C)C(=O)c1ccc(-c2ccc(C(CN3CCOCC3)N(C)C(=O)CN(CN)c3ccc(Cl)c(Cl)c3)cc2)cc1. The summed E-state index contributed by atoms with van der Waals surface area (Å²) in [6, 6.07) is 20.9. The highest BCUT2D eigenvalue weighted by molar-refractivity contribution is 6.42. The number of hydrogen-bond donors (Lipinski definition) is 1. The number of carbonyl (C=O) groups is 2. The number of halogens is 2. The molecule has 1 fully saturated rings. The molecule has 10 heteroatoms. The molecule has 218 valence electrons. The molecule has 1 atom stereocenters. The Bertz CT molecular complexity index is 1330. The number of benzene rings is 3. The molecule has 3 aromatic carbocycles. The van der Waals surface area contributed by atoms with Crippen LogP contribution in [0.3, 0.4) is 0 Å². The molecule has 3 aromatic rings. The lowest BCUT2D eigenvalue weighted by Gasteiger charge is -2.36. The van der Waals surface area contributed by atoms with E-state index in [-0.39, 0.29) is 31.1 Å². The molecule has 0 aliphatic carbocycles. The summed E-state index contributed by atoms with van der Waals surface area (Å²) in [6.45, 7) is 3.91. The van der Waals surface area contributed by atoms with Gasteiger partial charge in [-0.1, -0.05) is 59.6 Å². The van der Waals surface area contributed by atoms with Gasteiger partial charge < -0.3 is 25.2 Å². The van der Waals surface area contributed by atoms with Crippen LogP contribution >= 0.6 is 23.2 Å². The molecule has 0 bridgehead atoms. The number of nitrogens with two attached hydrogens (primary N) is 1. The smallest absolute Gasteiger partial charge is 0.253 e. The predicted octanol–water partition coefficient (Wildman–Crippen LogP) is 4.62. The summed E-state index contributed by atoms with van der Waals surface area (Å²) < 4.78 is 5.54. The maximum atomic E-state index is 13.6. The summed E-state index contributed by atoms with van der Waals surface area (Å²) in [4.78, 5) is 33.3. The van der Waals surface area contributed by atoms with Gasteiger partial charge in [0, 0.05) is 52.0 Å². The first-order chi connectivity index (χ1) is 19.7. The van der Waals surface area contributed by atoms with Gasteiger partial charge in [0.2, 0.25) is 5.91 Å². The van der Waals surface area contributed by atoms with E-state index < -0.39 is 0 Å². The van der Waals surface area contributed by atoms with Crippen molar-refractivity contribution in [2.75, 3.05) is 72.1 Å². The van der Waals surface area contributed by atoms with E-state index in [0.29, 0.717) is 35.4 Å². The molecule has 41 heavy (non-hydrogen) atoms. The number of anilines is 1. The third kappa shape index (κ3) is 7.78. The summed E-state index contributed by atoms with van der Waals surface area (Å²) in [7, 11) is 5.32. The van der Waals surface area contributed by atoms with Crippen LogP contribution in [0, 0.1) is 0 Å². The molecular weight excluding hydrogens is 561 g/mol. The van der Waals surface area contributed by atoms with E-state index in [9.17, 15) is 9.59 Å². The van der Waals surface area contributed by atoms with E-state index >= 15 is 0 Å². The first-order valence-corrected chi connectivity index (χ1v) is 14.3. The van der Waals surface area contributed by atoms with Crippen LogP contribution in [0.2, 0.25) is 10.0 Å². The summed E-state index contributed by atoms with van der Waals surface area (Å²) in [5.74, 6) is -0.0945. The predicted molar refractivity (Wildman–Crippen MR) is 166 cm³/mol. The Labute approximate surface area is 252 Å². The zero-order valence-corrected chi connectivity index (χ0v) is 25.2. The number of amides is 2. The molecule has 0 saturated carbocycles.